The topological polar surface area (TPSA) is 212 Å². The minimum absolute atomic E-state index is 0.229. The highest BCUT2D eigenvalue weighted by molar-refractivity contribution is 7.80. The second-order valence-corrected chi connectivity index (χ2v) is 16.1. The van der Waals surface area contributed by atoms with Crippen molar-refractivity contribution in [3.05, 3.63) is 48.6 Å². The van der Waals surface area contributed by atoms with Crippen LogP contribution >= 0.6 is 0 Å². The van der Waals surface area contributed by atoms with Crippen molar-refractivity contribution in [3.8, 4) is 0 Å². The Morgan fingerprint density at radius 1 is 0.719 bits per heavy atom. The van der Waals surface area contributed by atoms with Crippen LogP contribution in [0.25, 0.3) is 0 Å². The van der Waals surface area contributed by atoms with Crippen LogP contribution in [-0.4, -0.2) is 107 Å². The second-order valence-electron chi connectivity index (χ2n) is 15.1. The third-order valence-corrected chi connectivity index (χ3v) is 10.4. The molecular formula is C43H77NO12S. The van der Waals surface area contributed by atoms with Crippen LogP contribution in [0.1, 0.15) is 155 Å². The summed E-state index contributed by atoms with van der Waals surface area (Å²) < 4.78 is 47.3. The number of carbonyl (C=O) groups is 1. The molecule has 0 saturated carbocycles. The first-order chi connectivity index (χ1) is 27.4. The van der Waals surface area contributed by atoms with Crippen LogP contribution < -0.4 is 5.32 Å². The number of allylic oxidation sites excluding steroid dienone is 7. The standard InChI is InChI=1S/C43H77NO12S/c1-3-5-7-9-11-13-15-16-17-18-19-20-21-22-24-26-28-30-32-37(47)42(50)44-35(36(46)31-29-27-25-23-14-12-10-8-6-4-2)34-54-43-40(49)41(56-57(51,52)53)39(48)38(33-45)55-43/h11,13-16,23,29,31,35-41,43,45-49H,3-10,12,17-22,24-28,30,32-34H2,1-2H3,(H,44,50)(H,51,52,53)/b13-11-,16-15-,23-14+,31-29+. The van der Waals surface area contributed by atoms with E-state index in [1.807, 2.05) is 0 Å². The average Bonchev–Trinajstić information content (AvgIpc) is 3.18. The van der Waals surface area contributed by atoms with Crippen molar-refractivity contribution in [3.63, 3.8) is 0 Å². The molecule has 13 nitrogen and oxygen atoms in total. The molecule has 1 saturated heterocycles. The van der Waals surface area contributed by atoms with E-state index in [0.717, 1.165) is 57.8 Å². The molecule has 1 amide bonds. The van der Waals surface area contributed by atoms with E-state index in [1.54, 1.807) is 6.08 Å². The van der Waals surface area contributed by atoms with E-state index in [-0.39, 0.29) is 6.42 Å². The maximum atomic E-state index is 13.0. The van der Waals surface area contributed by atoms with Crippen molar-refractivity contribution in [1.29, 1.82) is 0 Å². The molecule has 8 unspecified atom stereocenters. The number of amides is 1. The molecule has 7 N–H and O–H groups in total. The van der Waals surface area contributed by atoms with Gasteiger partial charge >= 0.3 is 10.4 Å². The summed E-state index contributed by atoms with van der Waals surface area (Å²) >= 11 is 0. The molecule has 0 bridgehead atoms. The molecule has 0 radical (unpaired) electrons. The van der Waals surface area contributed by atoms with E-state index in [2.05, 4.69) is 59.8 Å². The highest BCUT2D eigenvalue weighted by Gasteiger charge is 2.48. The molecule has 14 heteroatoms. The van der Waals surface area contributed by atoms with Gasteiger partial charge in [-0.1, -0.05) is 146 Å². The smallest absolute Gasteiger partial charge is 0.394 e. The van der Waals surface area contributed by atoms with Crippen molar-refractivity contribution in [1.82, 2.24) is 5.32 Å². The summed E-state index contributed by atoms with van der Waals surface area (Å²) in [6, 6.07) is -1.14. The second kappa shape index (κ2) is 33.8. The lowest BCUT2D eigenvalue weighted by molar-refractivity contribution is -0.298. The van der Waals surface area contributed by atoms with Crippen LogP contribution in [-0.2, 0) is 28.9 Å². The Kier molecular flexibility index (Phi) is 31.5. The molecule has 1 aliphatic heterocycles. The Morgan fingerprint density at radius 2 is 1.23 bits per heavy atom. The van der Waals surface area contributed by atoms with Crippen LogP contribution in [0.4, 0.5) is 0 Å². The van der Waals surface area contributed by atoms with Gasteiger partial charge in [-0.3, -0.25) is 9.35 Å². The summed E-state index contributed by atoms with van der Waals surface area (Å²) in [5.74, 6) is -0.721. The van der Waals surface area contributed by atoms with Gasteiger partial charge in [0.2, 0.25) is 5.91 Å². The lowest BCUT2D eigenvalue weighted by atomic mass is 9.99. The summed E-state index contributed by atoms with van der Waals surface area (Å²) in [6.07, 6.45) is 27.8. The number of rotatable bonds is 35. The highest BCUT2D eigenvalue weighted by Crippen LogP contribution is 2.26. The van der Waals surface area contributed by atoms with Crippen molar-refractivity contribution >= 4 is 16.3 Å². The van der Waals surface area contributed by atoms with Crippen LogP contribution in [0.5, 0.6) is 0 Å². The van der Waals surface area contributed by atoms with Gasteiger partial charge in [-0.05, 0) is 57.8 Å². The first-order valence-electron chi connectivity index (χ1n) is 21.6. The van der Waals surface area contributed by atoms with Gasteiger partial charge < -0.3 is 40.3 Å². The van der Waals surface area contributed by atoms with Crippen molar-refractivity contribution in [2.24, 2.45) is 0 Å². The molecule has 0 aromatic heterocycles. The maximum absolute atomic E-state index is 13.0. The first kappa shape index (κ1) is 53.0. The molecular weight excluding hydrogens is 755 g/mol. The number of hydrogen-bond donors (Lipinski definition) is 7. The number of carbonyl (C=O) groups excluding carboxylic acids is 1. The van der Waals surface area contributed by atoms with E-state index in [4.69, 9.17) is 14.0 Å². The molecule has 8 atom stereocenters. The van der Waals surface area contributed by atoms with Gasteiger partial charge in [-0.2, -0.15) is 8.42 Å². The minimum Gasteiger partial charge on any atom is -0.394 e. The molecule has 0 aromatic carbocycles. The predicted octanol–water partition coefficient (Wildman–Crippen LogP) is 6.68. The van der Waals surface area contributed by atoms with Crippen molar-refractivity contribution in [2.75, 3.05) is 13.2 Å². The number of aliphatic hydroxyl groups is 5. The Balaban J connectivity index is 2.59. The fourth-order valence-electron chi connectivity index (χ4n) is 6.47. The van der Waals surface area contributed by atoms with Gasteiger partial charge in [0.15, 0.2) is 6.29 Å². The van der Waals surface area contributed by atoms with Gasteiger partial charge in [0.25, 0.3) is 0 Å². The predicted molar refractivity (Wildman–Crippen MR) is 224 cm³/mol. The van der Waals surface area contributed by atoms with Crippen LogP contribution in [0.2, 0.25) is 0 Å². The third-order valence-electron chi connectivity index (χ3n) is 9.97. The van der Waals surface area contributed by atoms with Gasteiger partial charge in [0, 0.05) is 0 Å². The molecule has 332 valence electrons. The lowest BCUT2D eigenvalue weighted by Gasteiger charge is -2.41. The van der Waals surface area contributed by atoms with Crippen molar-refractivity contribution in [2.45, 2.75) is 204 Å². The Morgan fingerprint density at radius 3 is 1.82 bits per heavy atom. The number of nitrogens with one attached hydrogen (secondary N) is 1. The lowest BCUT2D eigenvalue weighted by Crippen LogP contribution is -2.61. The Hall–Kier alpha value is -1.98. The quantitative estimate of drug-likeness (QED) is 0.0154. The summed E-state index contributed by atoms with van der Waals surface area (Å²) in [5, 5.41) is 54.9. The van der Waals surface area contributed by atoms with E-state index in [1.165, 1.54) is 70.3 Å². The molecule has 1 aliphatic rings. The zero-order valence-corrected chi connectivity index (χ0v) is 35.6. The number of ether oxygens (including phenoxy) is 2. The van der Waals surface area contributed by atoms with E-state index >= 15 is 0 Å². The molecule has 57 heavy (non-hydrogen) atoms. The third kappa shape index (κ3) is 26.7. The Labute approximate surface area is 343 Å². The van der Waals surface area contributed by atoms with Crippen LogP contribution in [0.15, 0.2) is 48.6 Å². The van der Waals surface area contributed by atoms with Gasteiger partial charge in [-0.15, -0.1) is 0 Å². The fraction of sp³-hybridized carbons (Fsp3) is 0.791. The van der Waals surface area contributed by atoms with E-state index < -0.39 is 78.5 Å². The largest absolute Gasteiger partial charge is 0.397 e. The maximum Gasteiger partial charge on any atom is 0.397 e. The zero-order chi connectivity index (χ0) is 42.2. The minimum atomic E-state index is -5.12. The zero-order valence-electron chi connectivity index (χ0n) is 34.7. The van der Waals surface area contributed by atoms with Gasteiger partial charge in [0.05, 0.1) is 25.4 Å². The summed E-state index contributed by atoms with van der Waals surface area (Å²) in [4.78, 5) is 13.0. The molecule has 0 spiro atoms. The molecule has 1 rings (SSSR count). The molecule has 0 aromatic rings. The summed E-state index contributed by atoms with van der Waals surface area (Å²) in [6.45, 7) is 3.10. The van der Waals surface area contributed by atoms with Crippen LogP contribution in [0, 0.1) is 0 Å². The molecule has 0 aliphatic carbocycles. The Bertz CT molecular complexity index is 1230. The summed E-state index contributed by atoms with van der Waals surface area (Å²) in [5.41, 5.74) is 0. The molecule has 1 fully saturated rings. The van der Waals surface area contributed by atoms with E-state index in [0.29, 0.717) is 12.8 Å². The number of aliphatic hydroxyl groups excluding tert-OH is 5. The monoisotopic (exact) mass is 832 g/mol. The van der Waals surface area contributed by atoms with Crippen LogP contribution in [0.3, 0.4) is 0 Å². The fourth-order valence-corrected chi connectivity index (χ4v) is 6.97. The molecule has 1 heterocycles. The number of unbranched alkanes of at least 4 members (excludes halogenated alkanes) is 17. The van der Waals surface area contributed by atoms with E-state index in [9.17, 15) is 38.7 Å². The van der Waals surface area contributed by atoms with Crippen molar-refractivity contribution < 1.29 is 57.0 Å². The number of hydrogen-bond acceptors (Lipinski definition) is 11. The van der Waals surface area contributed by atoms with Gasteiger partial charge in [0.1, 0.15) is 30.5 Å². The first-order valence-corrected chi connectivity index (χ1v) is 23.0. The van der Waals surface area contributed by atoms with Gasteiger partial charge in [-0.25, -0.2) is 4.18 Å². The SMILES string of the molecule is CCCCC/C=C\C=C/CCCCCCCCCCCC(O)C(=O)NC(COC1OC(CO)C(O)C(OS(=O)(=O)O)C1O)C(O)/C=C/CC/C=C/CCCCCC. The highest BCUT2D eigenvalue weighted by atomic mass is 32.3. The summed E-state index contributed by atoms with van der Waals surface area (Å²) in [7, 11) is -5.12. The normalized spacial score (nSPS) is 22.3. The average molecular weight is 832 g/mol.